The summed E-state index contributed by atoms with van der Waals surface area (Å²) in [6, 6.07) is -0.544. The van der Waals surface area contributed by atoms with Crippen LogP contribution in [0, 0.1) is 0 Å². The van der Waals surface area contributed by atoms with Gasteiger partial charge >= 0.3 is 0 Å². The summed E-state index contributed by atoms with van der Waals surface area (Å²) < 4.78 is 19.5. The molecule has 15 heavy (non-hydrogen) atoms. The third kappa shape index (κ3) is 2.15. The van der Waals surface area contributed by atoms with Gasteiger partial charge in [0.25, 0.3) is 5.91 Å². The van der Waals surface area contributed by atoms with Gasteiger partial charge in [-0.3, -0.25) is 9.48 Å². The first-order chi connectivity index (χ1) is 7.16. The molecule has 1 aromatic heterocycles. The second-order valence-corrected chi connectivity index (χ2v) is 3.54. The summed E-state index contributed by atoms with van der Waals surface area (Å²) in [5, 5.41) is 6.43. The van der Waals surface area contributed by atoms with Crippen LogP contribution in [0.3, 0.4) is 0 Å². The minimum absolute atomic E-state index is 0.0536. The van der Waals surface area contributed by atoms with Crippen LogP contribution in [0.2, 0.25) is 0 Å². The zero-order valence-corrected chi connectivity index (χ0v) is 8.31. The van der Waals surface area contributed by atoms with Crippen LogP contribution in [0.1, 0.15) is 10.4 Å². The van der Waals surface area contributed by atoms with Gasteiger partial charge in [0, 0.05) is 13.2 Å². The van der Waals surface area contributed by atoms with Gasteiger partial charge in [-0.25, -0.2) is 4.39 Å². The Labute approximate surface area is 86.2 Å². The highest BCUT2D eigenvalue weighted by molar-refractivity contribution is 5.93. The van der Waals surface area contributed by atoms with Crippen molar-refractivity contribution >= 4 is 5.91 Å². The molecule has 1 aliphatic heterocycles. The molecule has 1 amide bonds. The van der Waals surface area contributed by atoms with Crippen molar-refractivity contribution in [2.24, 2.45) is 7.05 Å². The van der Waals surface area contributed by atoms with Crippen molar-refractivity contribution in [3.05, 3.63) is 18.0 Å². The van der Waals surface area contributed by atoms with E-state index in [1.807, 2.05) is 0 Å². The largest absolute Gasteiger partial charge is 0.376 e. The summed E-state index contributed by atoms with van der Waals surface area (Å²) in [6.07, 6.45) is 1.90. The van der Waals surface area contributed by atoms with Crippen molar-refractivity contribution in [2.75, 3.05) is 13.2 Å². The number of hydrogen-bond donors (Lipinski definition) is 1. The van der Waals surface area contributed by atoms with E-state index in [1.165, 1.54) is 10.9 Å². The van der Waals surface area contributed by atoms with E-state index in [4.69, 9.17) is 4.74 Å². The molecule has 0 unspecified atom stereocenters. The number of aromatic nitrogens is 2. The van der Waals surface area contributed by atoms with Crippen molar-refractivity contribution in [1.82, 2.24) is 15.1 Å². The summed E-state index contributed by atoms with van der Waals surface area (Å²) in [5.41, 5.74) is 0.427. The van der Waals surface area contributed by atoms with Crippen LogP contribution in [0.25, 0.3) is 0 Å². The quantitative estimate of drug-likeness (QED) is 0.745. The fourth-order valence-electron chi connectivity index (χ4n) is 1.45. The highest BCUT2D eigenvalue weighted by Crippen LogP contribution is 2.10. The number of ether oxygens (including phenoxy) is 1. The second kappa shape index (κ2) is 3.98. The van der Waals surface area contributed by atoms with Gasteiger partial charge in [-0.15, -0.1) is 0 Å². The van der Waals surface area contributed by atoms with Gasteiger partial charge in [0.2, 0.25) is 0 Å². The van der Waals surface area contributed by atoms with Crippen molar-refractivity contribution in [3.63, 3.8) is 0 Å². The van der Waals surface area contributed by atoms with E-state index in [-0.39, 0.29) is 19.1 Å². The molecule has 0 aliphatic carbocycles. The van der Waals surface area contributed by atoms with Crippen LogP contribution in [0.4, 0.5) is 4.39 Å². The van der Waals surface area contributed by atoms with Crippen molar-refractivity contribution in [3.8, 4) is 0 Å². The molecule has 1 aromatic rings. The Morgan fingerprint density at radius 2 is 2.53 bits per heavy atom. The lowest BCUT2D eigenvalue weighted by Crippen LogP contribution is -2.40. The first-order valence-corrected chi connectivity index (χ1v) is 4.68. The first-order valence-electron chi connectivity index (χ1n) is 4.68. The van der Waals surface area contributed by atoms with Gasteiger partial charge in [0.15, 0.2) is 0 Å². The topological polar surface area (TPSA) is 56.2 Å². The molecule has 0 spiro atoms. The maximum atomic E-state index is 13.1. The zero-order chi connectivity index (χ0) is 10.8. The standard InChI is InChI=1S/C9H12FN3O2/c1-13-3-6(2-11-13)9(14)12-8-5-15-4-7(8)10/h2-3,7-8H,4-5H2,1H3,(H,12,14)/t7-,8-/m1/s1. The number of nitrogens with one attached hydrogen (secondary N) is 1. The van der Waals surface area contributed by atoms with Gasteiger partial charge in [-0.2, -0.15) is 5.10 Å². The Morgan fingerprint density at radius 1 is 1.73 bits per heavy atom. The maximum Gasteiger partial charge on any atom is 0.254 e. The Morgan fingerprint density at radius 3 is 3.07 bits per heavy atom. The van der Waals surface area contributed by atoms with Crippen LogP contribution in [0.5, 0.6) is 0 Å². The number of amides is 1. The lowest BCUT2D eigenvalue weighted by molar-refractivity contribution is 0.0920. The highest BCUT2D eigenvalue weighted by atomic mass is 19.1. The van der Waals surface area contributed by atoms with Crippen LogP contribution in [0.15, 0.2) is 12.4 Å². The van der Waals surface area contributed by atoms with E-state index in [2.05, 4.69) is 10.4 Å². The number of rotatable bonds is 2. The van der Waals surface area contributed by atoms with E-state index >= 15 is 0 Å². The van der Waals surface area contributed by atoms with Crippen LogP contribution < -0.4 is 5.32 Å². The predicted octanol–water partition coefficient (Wildman–Crippen LogP) is -0.113. The molecular formula is C9H12FN3O2. The molecule has 6 heteroatoms. The number of hydrogen-bond acceptors (Lipinski definition) is 3. The van der Waals surface area contributed by atoms with Gasteiger partial charge in [-0.1, -0.05) is 0 Å². The Balaban J connectivity index is 1.97. The van der Waals surface area contributed by atoms with Crippen molar-refractivity contribution in [1.29, 1.82) is 0 Å². The molecule has 0 aromatic carbocycles. The van der Waals surface area contributed by atoms with Crippen LogP contribution in [-0.4, -0.2) is 41.1 Å². The number of carbonyl (C=O) groups is 1. The molecule has 1 fully saturated rings. The van der Waals surface area contributed by atoms with Crippen LogP contribution in [-0.2, 0) is 11.8 Å². The monoisotopic (exact) mass is 213 g/mol. The van der Waals surface area contributed by atoms with Gasteiger partial charge in [0.05, 0.1) is 31.0 Å². The van der Waals surface area contributed by atoms with E-state index in [0.29, 0.717) is 5.56 Å². The van der Waals surface area contributed by atoms with E-state index < -0.39 is 12.2 Å². The minimum Gasteiger partial charge on any atom is -0.376 e. The smallest absolute Gasteiger partial charge is 0.254 e. The molecule has 0 saturated carbocycles. The molecule has 1 saturated heterocycles. The molecule has 5 nitrogen and oxygen atoms in total. The number of halogens is 1. The molecule has 1 N–H and O–H groups in total. The van der Waals surface area contributed by atoms with Gasteiger partial charge in [0.1, 0.15) is 6.17 Å². The molecule has 2 rings (SSSR count). The van der Waals surface area contributed by atoms with Gasteiger partial charge in [-0.05, 0) is 0 Å². The fourth-order valence-corrected chi connectivity index (χ4v) is 1.45. The first kappa shape index (κ1) is 10.1. The third-order valence-corrected chi connectivity index (χ3v) is 2.29. The Kier molecular flexibility index (Phi) is 2.68. The average Bonchev–Trinajstić information content (AvgIpc) is 2.77. The summed E-state index contributed by atoms with van der Waals surface area (Å²) in [4.78, 5) is 11.6. The average molecular weight is 213 g/mol. The maximum absolute atomic E-state index is 13.1. The molecule has 0 bridgehead atoms. The third-order valence-electron chi connectivity index (χ3n) is 2.29. The number of nitrogens with zero attached hydrogens (tertiary/aromatic N) is 2. The van der Waals surface area contributed by atoms with E-state index in [0.717, 1.165) is 0 Å². The van der Waals surface area contributed by atoms with Crippen LogP contribution >= 0.6 is 0 Å². The Bertz CT molecular complexity index is 366. The lowest BCUT2D eigenvalue weighted by atomic mass is 10.2. The second-order valence-electron chi connectivity index (χ2n) is 3.54. The normalized spacial score (nSPS) is 25.5. The number of alkyl halides is 1. The molecular weight excluding hydrogens is 201 g/mol. The molecule has 0 radical (unpaired) electrons. The number of aryl methyl sites for hydroxylation is 1. The lowest BCUT2D eigenvalue weighted by Gasteiger charge is -2.11. The van der Waals surface area contributed by atoms with Crippen molar-refractivity contribution < 1.29 is 13.9 Å². The highest BCUT2D eigenvalue weighted by Gasteiger charge is 2.29. The SMILES string of the molecule is Cn1cc(C(=O)N[C@@H]2COC[C@H]2F)cn1. The summed E-state index contributed by atoms with van der Waals surface area (Å²) >= 11 is 0. The van der Waals surface area contributed by atoms with Crippen molar-refractivity contribution in [2.45, 2.75) is 12.2 Å². The molecule has 2 atom stereocenters. The molecule has 82 valence electrons. The summed E-state index contributed by atoms with van der Waals surface area (Å²) in [6.45, 7) is 0.283. The van der Waals surface area contributed by atoms with E-state index in [1.54, 1.807) is 13.2 Å². The molecule has 1 aliphatic rings. The fraction of sp³-hybridized carbons (Fsp3) is 0.556. The summed E-state index contributed by atoms with van der Waals surface area (Å²) in [5.74, 6) is -0.318. The molecule has 2 heterocycles. The number of carbonyl (C=O) groups excluding carboxylic acids is 1. The van der Waals surface area contributed by atoms with Gasteiger partial charge < -0.3 is 10.1 Å². The van der Waals surface area contributed by atoms with E-state index in [9.17, 15) is 9.18 Å². The zero-order valence-electron chi connectivity index (χ0n) is 8.31. The minimum atomic E-state index is -1.12. The predicted molar refractivity (Wildman–Crippen MR) is 50.2 cm³/mol. The Hall–Kier alpha value is -1.43. The summed E-state index contributed by atoms with van der Waals surface area (Å²) in [7, 11) is 1.72.